The number of aromatic hydroxyl groups is 1. The minimum absolute atomic E-state index is 0.0258. The second-order valence-electron chi connectivity index (χ2n) is 18.0. The van der Waals surface area contributed by atoms with Crippen LogP contribution in [0.25, 0.3) is 32.8 Å². The van der Waals surface area contributed by atoms with E-state index in [0.29, 0.717) is 35.5 Å². The Morgan fingerprint density at radius 2 is 1.71 bits per heavy atom. The van der Waals surface area contributed by atoms with Crippen molar-refractivity contribution in [2.24, 2.45) is 5.41 Å². The van der Waals surface area contributed by atoms with Gasteiger partial charge in [-0.3, -0.25) is 19.1 Å². The number of nitrogen functional groups attached to an aromatic ring is 1. The minimum atomic E-state index is -0.863. The van der Waals surface area contributed by atoms with Gasteiger partial charge in [-0.1, -0.05) is 63.6 Å². The molecule has 0 saturated carbocycles. The second kappa shape index (κ2) is 19.8. The molecular weight excluding hydrogens is 817 g/mol. The number of carbonyl (C=O) groups excluding carboxylic acids is 3. The molecule has 2 aromatic carbocycles. The van der Waals surface area contributed by atoms with Crippen LogP contribution in [0.4, 0.5) is 5.82 Å². The predicted molar refractivity (Wildman–Crippen MR) is 244 cm³/mol. The smallest absolute Gasteiger partial charge is 0.246 e. The number of carbonyl (C=O) groups is 3. The molecule has 5 aromatic rings. The number of benzene rings is 2. The van der Waals surface area contributed by atoms with Gasteiger partial charge in [0.1, 0.15) is 17.8 Å². The Morgan fingerprint density at radius 3 is 2.41 bits per heavy atom. The van der Waals surface area contributed by atoms with E-state index in [0.717, 1.165) is 72.6 Å². The summed E-state index contributed by atoms with van der Waals surface area (Å²) in [4.78, 5) is 50.4. The number of nitrogens with two attached hydrogens (primary N) is 1. The Kier molecular flexibility index (Phi) is 14.2. The molecule has 2 aliphatic heterocycles. The number of likely N-dealkylation sites (tertiary alicyclic amines) is 2. The van der Waals surface area contributed by atoms with Gasteiger partial charge in [0.15, 0.2) is 5.82 Å². The fourth-order valence-corrected chi connectivity index (χ4v) is 9.40. The summed E-state index contributed by atoms with van der Waals surface area (Å²) in [5.74, 6) is -0.477. The first-order chi connectivity index (χ1) is 30.2. The van der Waals surface area contributed by atoms with E-state index in [4.69, 9.17) is 5.73 Å². The van der Waals surface area contributed by atoms with Crippen LogP contribution in [0.2, 0.25) is 0 Å². The van der Waals surface area contributed by atoms with Crippen LogP contribution in [0.5, 0.6) is 5.75 Å². The zero-order valence-corrected chi connectivity index (χ0v) is 37.6. The molecule has 2 aliphatic rings. The van der Waals surface area contributed by atoms with E-state index in [1.807, 2.05) is 87.4 Å². The molecule has 334 valence electrons. The molecule has 0 radical (unpaired) electrons. The Bertz CT molecular complexity index is 2370. The quantitative estimate of drug-likeness (QED) is 0.0739. The van der Waals surface area contributed by atoms with Crippen LogP contribution in [0.1, 0.15) is 96.0 Å². The van der Waals surface area contributed by atoms with Crippen molar-refractivity contribution in [3.63, 3.8) is 0 Å². The molecule has 7 rings (SSSR count). The lowest BCUT2D eigenvalue weighted by Gasteiger charge is -2.35. The number of thiazole rings is 1. The fourth-order valence-electron chi connectivity index (χ4n) is 8.58. The molecule has 0 spiro atoms. The number of aliphatic hydroxyl groups excluding tert-OH is 1. The van der Waals surface area contributed by atoms with Crippen molar-refractivity contribution in [2.75, 3.05) is 31.9 Å². The topological polar surface area (TPSA) is 205 Å². The number of amides is 3. The lowest BCUT2D eigenvalue weighted by atomic mass is 9.85. The number of nitrogens with one attached hydrogen (secondary N) is 2. The van der Waals surface area contributed by atoms with E-state index < -0.39 is 23.6 Å². The molecule has 2 fully saturated rings. The second-order valence-corrected chi connectivity index (χ2v) is 18.9. The van der Waals surface area contributed by atoms with Gasteiger partial charge in [0, 0.05) is 55.4 Å². The van der Waals surface area contributed by atoms with Gasteiger partial charge in [-0.05, 0) is 80.8 Å². The average molecular weight is 877 g/mol. The Morgan fingerprint density at radius 1 is 0.968 bits per heavy atom. The van der Waals surface area contributed by atoms with Gasteiger partial charge in [0.05, 0.1) is 46.2 Å². The third kappa shape index (κ3) is 10.9. The van der Waals surface area contributed by atoms with Gasteiger partial charge in [-0.15, -0.1) is 21.5 Å². The number of aromatic nitrogens is 5. The number of piperidine rings is 1. The summed E-state index contributed by atoms with van der Waals surface area (Å²) >= 11 is 1.58. The molecule has 4 atom stereocenters. The van der Waals surface area contributed by atoms with Gasteiger partial charge < -0.3 is 36.4 Å². The van der Waals surface area contributed by atoms with Gasteiger partial charge in [0.2, 0.25) is 17.7 Å². The number of unbranched alkanes of at least 4 members (excludes halogenated alkanes) is 2. The number of hydrogen-bond acceptors (Lipinski definition) is 12. The largest absolute Gasteiger partial charge is 0.507 e. The predicted octanol–water partition coefficient (Wildman–Crippen LogP) is 6.29. The molecule has 15 nitrogen and oxygen atoms in total. The molecule has 5 heterocycles. The van der Waals surface area contributed by atoms with Crippen LogP contribution in [-0.2, 0) is 14.4 Å². The van der Waals surface area contributed by atoms with E-state index in [1.165, 1.54) is 4.90 Å². The number of hydrogen-bond donors (Lipinski definition) is 5. The first-order valence-electron chi connectivity index (χ1n) is 21.9. The highest BCUT2D eigenvalue weighted by atomic mass is 32.1. The van der Waals surface area contributed by atoms with Crippen molar-refractivity contribution in [2.45, 2.75) is 110 Å². The van der Waals surface area contributed by atoms with Crippen molar-refractivity contribution in [1.82, 2.24) is 45.4 Å². The lowest BCUT2D eigenvalue weighted by molar-refractivity contribution is -0.144. The first-order valence-corrected chi connectivity index (χ1v) is 22.8. The fraction of sp³-hybridized carbons (Fsp3) is 0.468. The number of aliphatic hydroxyl groups is 1. The van der Waals surface area contributed by atoms with Crippen molar-refractivity contribution < 1.29 is 24.6 Å². The number of β-amino-alcohol motifs (C(OH)–C–C–N with tert-alkyl or cyclic N) is 1. The van der Waals surface area contributed by atoms with Crippen molar-refractivity contribution in [3.8, 4) is 38.6 Å². The maximum atomic E-state index is 14.1. The number of phenolic OH excluding ortho intramolecular Hbond substituents is 1. The minimum Gasteiger partial charge on any atom is -0.507 e. The summed E-state index contributed by atoms with van der Waals surface area (Å²) in [5.41, 5.74) is 13.1. The van der Waals surface area contributed by atoms with Crippen LogP contribution in [0.3, 0.4) is 0 Å². The van der Waals surface area contributed by atoms with Crippen molar-refractivity contribution >= 4 is 34.9 Å². The zero-order valence-electron chi connectivity index (χ0n) is 36.8. The molecule has 63 heavy (non-hydrogen) atoms. The van der Waals surface area contributed by atoms with Crippen molar-refractivity contribution in [3.05, 3.63) is 83.8 Å². The van der Waals surface area contributed by atoms with Crippen LogP contribution >= 0.6 is 11.3 Å². The normalized spacial score (nSPS) is 18.3. The number of aryl methyl sites for hydroxylation is 1. The highest BCUT2D eigenvalue weighted by molar-refractivity contribution is 7.13. The summed E-state index contributed by atoms with van der Waals surface area (Å²) in [6.45, 7) is 12.4. The van der Waals surface area contributed by atoms with Gasteiger partial charge in [-0.25, -0.2) is 4.98 Å². The summed E-state index contributed by atoms with van der Waals surface area (Å²) in [6, 6.07) is 15.0. The van der Waals surface area contributed by atoms with Gasteiger partial charge >= 0.3 is 0 Å². The highest BCUT2D eigenvalue weighted by Crippen LogP contribution is 2.34. The maximum absolute atomic E-state index is 14.1. The number of rotatable bonds is 15. The molecule has 0 aliphatic carbocycles. The van der Waals surface area contributed by atoms with E-state index in [9.17, 15) is 24.6 Å². The Balaban J connectivity index is 0.845. The molecule has 3 aromatic heterocycles. The van der Waals surface area contributed by atoms with E-state index in [2.05, 4.69) is 35.8 Å². The van der Waals surface area contributed by atoms with Crippen LogP contribution in [-0.4, -0.2) is 107 Å². The SMILES string of the molecule is Cc1ncsc1-c1ccc(C(C)NC(=O)C2CC(O)CN2C(=O)C(NC(=O)CCCCCN2CCC(n3cc(-c4cc(-c5ccccc5O)nnc4N)cn3)CC2)C(C)(C)C)cc1. The Hall–Kier alpha value is -5.71. The summed E-state index contributed by atoms with van der Waals surface area (Å²) in [7, 11) is 0. The third-order valence-electron chi connectivity index (χ3n) is 12.3. The summed E-state index contributed by atoms with van der Waals surface area (Å²) in [6.07, 6.45) is 7.81. The number of para-hydroxylation sites is 1. The zero-order chi connectivity index (χ0) is 44.8. The van der Waals surface area contributed by atoms with E-state index in [-0.39, 0.29) is 48.5 Å². The molecule has 4 unspecified atom stereocenters. The van der Waals surface area contributed by atoms with E-state index >= 15 is 0 Å². The third-order valence-corrected chi connectivity index (χ3v) is 13.3. The summed E-state index contributed by atoms with van der Waals surface area (Å²) < 4.78 is 2.01. The van der Waals surface area contributed by atoms with Crippen molar-refractivity contribution in [1.29, 1.82) is 0 Å². The van der Waals surface area contributed by atoms with Gasteiger partial charge in [-0.2, -0.15) is 5.10 Å². The first kappa shape index (κ1) is 45.3. The Labute approximate surface area is 373 Å². The van der Waals surface area contributed by atoms with Crippen LogP contribution in [0, 0.1) is 12.3 Å². The molecule has 3 amide bonds. The molecule has 16 heteroatoms. The number of anilines is 1. The van der Waals surface area contributed by atoms with Gasteiger partial charge in [0.25, 0.3) is 0 Å². The standard InChI is InChI=1S/C47H60N10O5S/c1-29(31-14-16-32(17-15-31)42-30(2)49-28-63-42)51-45(61)39-23-35(58)27-56(39)46(62)43(47(3,4)5)52-41(60)13-7-6-10-20-55-21-18-34(19-22-55)57-26-33(25-50-57)37-24-38(53-54-44(37)48)36-11-8-9-12-40(36)59/h8-9,11-12,14-17,24-26,28-29,34-35,39,43,58-59H,6-7,10,13,18-23,27H2,1-5H3,(H2,48,54)(H,51,61)(H,52,60). The molecular formula is C47H60N10O5S. The van der Waals surface area contributed by atoms with Crippen LogP contribution < -0.4 is 16.4 Å². The van der Waals surface area contributed by atoms with Crippen LogP contribution in [0.15, 0.2) is 72.5 Å². The van der Waals surface area contributed by atoms with E-state index in [1.54, 1.807) is 35.7 Å². The highest BCUT2D eigenvalue weighted by Gasteiger charge is 2.44. The monoisotopic (exact) mass is 876 g/mol. The molecule has 0 bridgehead atoms. The summed E-state index contributed by atoms with van der Waals surface area (Å²) in [5, 5.41) is 40.0. The number of nitrogens with zero attached hydrogens (tertiary/aromatic N) is 7. The lowest BCUT2D eigenvalue weighted by Crippen LogP contribution is -2.57. The maximum Gasteiger partial charge on any atom is 0.246 e. The molecule has 6 N–H and O–H groups in total. The number of phenols is 1. The average Bonchev–Trinajstić information content (AvgIpc) is 4.03. The molecule has 2 saturated heterocycles.